The van der Waals surface area contributed by atoms with E-state index in [0.29, 0.717) is 18.4 Å². The fourth-order valence-corrected chi connectivity index (χ4v) is 2.11. The first kappa shape index (κ1) is 14.4. The number of anilines is 1. The molecule has 0 aliphatic carbocycles. The molecule has 0 aliphatic rings. The Morgan fingerprint density at radius 2 is 1.90 bits per heavy atom. The van der Waals surface area contributed by atoms with Gasteiger partial charge >= 0.3 is 0 Å². The van der Waals surface area contributed by atoms with Gasteiger partial charge in [0.2, 0.25) is 5.88 Å². The van der Waals surface area contributed by atoms with Crippen molar-refractivity contribution in [3.63, 3.8) is 0 Å². The molecular weight excluding hydrogens is 248 g/mol. The molecule has 1 aromatic heterocycles. The molecule has 1 atom stereocenters. The second-order valence-electron chi connectivity index (χ2n) is 4.82. The van der Waals surface area contributed by atoms with Gasteiger partial charge in [0.1, 0.15) is 5.82 Å². The SMILES string of the molecule is CCOc1cccc(NCCC(C)c2ccccc2)n1. The van der Waals surface area contributed by atoms with Gasteiger partial charge in [-0.05, 0) is 30.9 Å². The standard InChI is InChI=1S/C17H22N2O/c1-3-20-17-11-7-10-16(19-17)18-13-12-14(2)15-8-5-4-6-9-15/h4-11,14H,3,12-13H2,1-2H3,(H,18,19). The number of hydrogen-bond acceptors (Lipinski definition) is 3. The Hall–Kier alpha value is -2.03. The summed E-state index contributed by atoms with van der Waals surface area (Å²) in [5.41, 5.74) is 1.38. The Kier molecular flexibility index (Phi) is 5.42. The molecule has 0 spiro atoms. The highest BCUT2D eigenvalue weighted by Crippen LogP contribution is 2.18. The predicted octanol–water partition coefficient (Wildman–Crippen LogP) is 4.09. The quantitative estimate of drug-likeness (QED) is 0.823. The summed E-state index contributed by atoms with van der Waals surface area (Å²) < 4.78 is 5.39. The van der Waals surface area contributed by atoms with E-state index in [-0.39, 0.29) is 0 Å². The van der Waals surface area contributed by atoms with E-state index >= 15 is 0 Å². The van der Waals surface area contributed by atoms with E-state index in [4.69, 9.17) is 4.74 Å². The molecule has 1 aromatic carbocycles. The van der Waals surface area contributed by atoms with Crippen LogP contribution in [0.15, 0.2) is 48.5 Å². The first-order chi connectivity index (χ1) is 9.79. The van der Waals surface area contributed by atoms with Crippen molar-refractivity contribution in [3.8, 4) is 5.88 Å². The number of nitrogens with zero attached hydrogens (tertiary/aromatic N) is 1. The van der Waals surface area contributed by atoms with Crippen molar-refractivity contribution >= 4 is 5.82 Å². The van der Waals surface area contributed by atoms with E-state index in [2.05, 4.69) is 47.6 Å². The average Bonchev–Trinajstić information content (AvgIpc) is 2.49. The number of ether oxygens (including phenoxy) is 1. The lowest BCUT2D eigenvalue weighted by molar-refractivity contribution is 0.327. The maximum Gasteiger partial charge on any atom is 0.215 e. The summed E-state index contributed by atoms with van der Waals surface area (Å²) in [7, 11) is 0. The number of benzene rings is 1. The third-order valence-electron chi connectivity index (χ3n) is 3.27. The minimum atomic E-state index is 0.541. The third kappa shape index (κ3) is 4.26. The topological polar surface area (TPSA) is 34.1 Å². The van der Waals surface area contributed by atoms with Crippen LogP contribution in [-0.2, 0) is 0 Å². The van der Waals surface area contributed by atoms with Gasteiger partial charge < -0.3 is 10.1 Å². The van der Waals surface area contributed by atoms with Gasteiger partial charge in [0.05, 0.1) is 6.61 Å². The molecule has 0 saturated heterocycles. The fourth-order valence-electron chi connectivity index (χ4n) is 2.11. The van der Waals surface area contributed by atoms with Crippen LogP contribution in [0.3, 0.4) is 0 Å². The molecular formula is C17H22N2O. The van der Waals surface area contributed by atoms with Crippen LogP contribution in [0.2, 0.25) is 0 Å². The molecule has 1 heterocycles. The lowest BCUT2D eigenvalue weighted by Gasteiger charge is -2.13. The van der Waals surface area contributed by atoms with Crippen molar-refractivity contribution in [3.05, 3.63) is 54.1 Å². The molecule has 2 aromatic rings. The minimum absolute atomic E-state index is 0.541. The predicted molar refractivity (Wildman–Crippen MR) is 83.4 cm³/mol. The lowest BCUT2D eigenvalue weighted by Crippen LogP contribution is -2.07. The molecule has 0 radical (unpaired) electrons. The molecule has 3 heteroatoms. The summed E-state index contributed by atoms with van der Waals surface area (Å²) >= 11 is 0. The molecule has 3 nitrogen and oxygen atoms in total. The van der Waals surface area contributed by atoms with Crippen molar-refractivity contribution in [2.45, 2.75) is 26.2 Å². The Morgan fingerprint density at radius 3 is 2.65 bits per heavy atom. The van der Waals surface area contributed by atoms with Crippen LogP contribution in [0.5, 0.6) is 5.88 Å². The van der Waals surface area contributed by atoms with Gasteiger partial charge in [0, 0.05) is 12.6 Å². The second kappa shape index (κ2) is 7.53. The number of rotatable bonds is 7. The molecule has 106 valence electrons. The van der Waals surface area contributed by atoms with Crippen LogP contribution in [0.1, 0.15) is 31.7 Å². The fraction of sp³-hybridized carbons (Fsp3) is 0.353. The highest BCUT2D eigenvalue weighted by atomic mass is 16.5. The van der Waals surface area contributed by atoms with Crippen LogP contribution in [0.4, 0.5) is 5.82 Å². The van der Waals surface area contributed by atoms with E-state index in [1.807, 2.05) is 25.1 Å². The molecule has 1 unspecified atom stereocenters. The summed E-state index contributed by atoms with van der Waals surface area (Å²) in [6.45, 7) is 5.75. The zero-order valence-corrected chi connectivity index (χ0v) is 12.2. The molecule has 1 N–H and O–H groups in total. The summed E-state index contributed by atoms with van der Waals surface area (Å²) in [4.78, 5) is 4.40. The Labute approximate surface area is 121 Å². The average molecular weight is 270 g/mol. The smallest absolute Gasteiger partial charge is 0.215 e. The van der Waals surface area contributed by atoms with Gasteiger partial charge in [0.25, 0.3) is 0 Å². The first-order valence-electron chi connectivity index (χ1n) is 7.18. The molecule has 0 saturated carbocycles. The first-order valence-corrected chi connectivity index (χ1v) is 7.18. The van der Waals surface area contributed by atoms with Gasteiger partial charge in [-0.3, -0.25) is 0 Å². The van der Waals surface area contributed by atoms with E-state index in [9.17, 15) is 0 Å². The van der Waals surface area contributed by atoms with Gasteiger partial charge in [-0.15, -0.1) is 0 Å². The summed E-state index contributed by atoms with van der Waals surface area (Å²) in [5, 5.41) is 3.35. The Bertz CT molecular complexity index is 513. The normalized spacial score (nSPS) is 11.9. The summed E-state index contributed by atoms with van der Waals surface area (Å²) in [6, 6.07) is 16.4. The van der Waals surface area contributed by atoms with Crippen LogP contribution in [0, 0.1) is 0 Å². The maximum atomic E-state index is 5.39. The van der Waals surface area contributed by atoms with E-state index < -0.39 is 0 Å². The molecule has 0 bridgehead atoms. The third-order valence-corrected chi connectivity index (χ3v) is 3.27. The highest BCUT2D eigenvalue weighted by Gasteiger charge is 2.04. The molecule has 2 rings (SSSR count). The van der Waals surface area contributed by atoms with Crippen molar-refractivity contribution in [2.24, 2.45) is 0 Å². The minimum Gasteiger partial charge on any atom is -0.478 e. The zero-order valence-electron chi connectivity index (χ0n) is 12.2. The van der Waals surface area contributed by atoms with Crippen LogP contribution >= 0.6 is 0 Å². The molecule has 0 amide bonds. The lowest BCUT2D eigenvalue weighted by atomic mass is 9.98. The number of pyridine rings is 1. The number of aromatic nitrogens is 1. The van der Waals surface area contributed by atoms with Gasteiger partial charge in [0.15, 0.2) is 0 Å². The van der Waals surface area contributed by atoms with Gasteiger partial charge in [-0.2, -0.15) is 4.98 Å². The summed E-state index contributed by atoms with van der Waals surface area (Å²) in [5.74, 6) is 2.09. The Balaban J connectivity index is 1.82. The number of hydrogen-bond donors (Lipinski definition) is 1. The van der Waals surface area contributed by atoms with Crippen LogP contribution in [0.25, 0.3) is 0 Å². The highest BCUT2D eigenvalue weighted by molar-refractivity contribution is 5.37. The largest absolute Gasteiger partial charge is 0.478 e. The van der Waals surface area contributed by atoms with Crippen LogP contribution < -0.4 is 10.1 Å². The zero-order chi connectivity index (χ0) is 14.2. The van der Waals surface area contributed by atoms with Crippen molar-refractivity contribution < 1.29 is 4.74 Å². The Morgan fingerprint density at radius 1 is 1.10 bits per heavy atom. The molecule has 0 fully saturated rings. The van der Waals surface area contributed by atoms with E-state index in [0.717, 1.165) is 18.8 Å². The van der Waals surface area contributed by atoms with E-state index in [1.54, 1.807) is 0 Å². The van der Waals surface area contributed by atoms with Crippen molar-refractivity contribution in [2.75, 3.05) is 18.5 Å². The molecule has 20 heavy (non-hydrogen) atoms. The monoisotopic (exact) mass is 270 g/mol. The van der Waals surface area contributed by atoms with Gasteiger partial charge in [-0.25, -0.2) is 0 Å². The van der Waals surface area contributed by atoms with E-state index in [1.165, 1.54) is 5.56 Å². The second-order valence-corrected chi connectivity index (χ2v) is 4.82. The maximum absolute atomic E-state index is 5.39. The van der Waals surface area contributed by atoms with Crippen LogP contribution in [-0.4, -0.2) is 18.1 Å². The number of nitrogens with one attached hydrogen (secondary N) is 1. The van der Waals surface area contributed by atoms with Crippen molar-refractivity contribution in [1.82, 2.24) is 4.98 Å². The molecule has 0 aliphatic heterocycles. The van der Waals surface area contributed by atoms with Gasteiger partial charge in [-0.1, -0.05) is 43.3 Å². The summed E-state index contributed by atoms with van der Waals surface area (Å²) in [6.07, 6.45) is 1.07. The van der Waals surface area contributed by atoms with Crippen molar-refractivity contribution in [1.29, 1.82) is 0 Å².